The van der Waals surface area contributed by atoms with E-state index in [4.69, 9.17) is 4.74 Å². The van der Waals surface area contributed by atoms with Gasteiger partial charge >= 0.3 is 0 Å². The first-order valence-electron chi connectivity index (χ1n) is 8.39. The van der Waals surface area contributed by atoms with Gasteiger partial charge in [0.15, 0.2) is 5.96 Å². The summed E-state index contributed by atoms with van der Waals surface area (Å²) < 4.78 is 5.33. The van der Waals surface area contributed by atoms with Gasteiger partial charge in [0.1, 0.15) is 0 Å². The van der Waals surface area contributed by atoms with E-state index in [1.807, 2.05) is 6.92 Å². The summed E-state index contributed by atoms with van der Waals surface area (Å²) in [6.07, 6.45) is 1.07. The smallest absolute Gasteiger partial charge is 0.191 e. The highest BCUT2D eigenvalue weighted by Crippen LogP contribution is 2.18. The molecule has 1 rings (SSSR count). The SMILES string of the molecule is CCOCCNC(=NC)NCC(c1ccc(CC)cc1)N(C)C.I. The fourth-order valence-electron chi connectivity index (χ4n) is 2.37. The third-order valence-corrected chi connectivity index (χ3v) is 3.83. The Morgan fingerprint density at radius 1 is 1.17 bits per heavy atom. The molecule has 0 aliphatic carbocycles. The molecule has 0 saturated heterocycles. The number of aryl methyl sites for hydroxylation is 1. The molecular weight excluding hydrogens is 415 g/mol. The van der Waals surface area contributed by atoms with E-state index >= 15 is 0 Å². The quantitative estimate of drug-likeness (QED) is 0.264. The fraction of sp³-hybridized carbons (Fsp3) is 0.611. The van der Waals surface area contributed by atoms with Crippen LogP contribution in [0.25, 0.3) is 0 Å². The van der Waals surface area contributed by atoms with Crippen LogP contribution < -0.4 is 10.6 Å². The predicted octanol–water partition coefficient (Wildman–Crippen LogP) is 2.67. The molecule has 0 heterocycles. The van der Waals surface area contributed by atoms with E-state index in [-0.39, 0.29) is 24.0 Å². The largest absolute Gasteiger partial charge is 0.380 e. The van der Waals surface area contributed by atoms with Gasteiger partial charge in [-0.15, -0.1) is 24.0 Å². The number of nitrogens with zero attached hydrogens (tertiary/aromatic N) is 2. The van der Waals surface area contributed by atoms with Gasteiger partial charge in [0.25, 0.3) is 0 Å². The molecular formula is C18H33IN4O. The second kappa shape index (κ2) is 13.4. The number of likely N-dealkylation sites (N-methyl/N-ethyl adjacent to an activating group) is 1. The number of guanidine groups is 1. The Balaban J connectivity index is 0.00000529. The van der Waals surface area contributed by atoms with Crippen LogP contribution in [0.5, 0.6) is 0 Å². The van der Waals surface area contributed by atoms with Gasteiger partial charge in [0.2, 0.25) is 0 Å². The number of rotatable bonds is 9. The molecule has 0 aliphatic heterocycles. The van der Waals surface area contributed by atoms with E-state index in [2.05, 4.69) is 65.8 Å². The van der Waals surface area contributed by atoms with Gasteiger partial charge in [-0.2, -0.15) is 0 Å². The van der Waals surface area contributed by atoms with Crippen molar-refractivity contribution in [2.24, 2.45) is 4.99 Å². The average Bonchev–Trinajstić information content (AvgIpc) is 2.57. The first kappa shape index (κ1) is 23.1. The standard InChI is InChI=1S/C18H32N4O.HI/c1-6-15-8-10-16(11-9-15)17(22(4)5)14-21-18(19-3)20-12-13-23-7-2;/h8-11,17H,6-7,12-14H2,1-5H3,(H2,19,20,21);1H. The summed E-state index contributed by atoms with van der Waals surface area (Å²) in [6.45, 7) is 7.16. The first-order chi connectivity index (χ1) is 11.1. The molecule has 24 heavy (non-hydrogen) atoms. The zero-order valence-corrected chi connectivity index (χ0v) is 18.0. The van der Waals surface area contributed by atoms with Crippen LogP contribution in [0.2, 0.25) is 0 Å². The molecule has 0 aliphatic rings. The number of nitrogens with one attached hydrogen (secondary N) is 2. The highest BCUT2D eigenvalue weighted by atomic mass is 127. The molecule has 0 radical (unpaired) electrons. The molecule has 1 aromatic carbocycles. The molecule has 0 saturated carbocycles. The van der Waals surface area contributed by atoms with Crippen LogP contribution >= 0.6 is 24.0 Å². The van der Waals surface area contributed by atoms with Crippen LogP contribution in [-0.4, -0.2) is 58.3 Å². The van der Waals surface area contributed by atoms with Gasteiger partial charge in [0, 0.05) is 26.7 Å². The highest BCUT2D eigenvalue weighted by Gasteiger charge is 2.14. The third kappa shape index (κ3) is 8.30. The van der Waals surface area contributed by atoms with Gasteiger partial charge < -0.3 is 20.3 Å². The first-order valence-corrected chi connectivity index (χ1v) is 8.39. The van der Waals surface area contributed by atoms with E-state index in [0.29, 0.717) is 12.6 Å². The summed E-state index contributed by atoms with van der Waals surface area (Å²) in [5, 5.41) is 6.66. The van der Waals surface area contributed by atoms with E-state index in [9.17, 15) is 0 Å². The maximum atomic E-state index is 5.33. The molecule has 2 N–H and O–H groups in total. The van der Waals surface area contributed by atoms with Crippen molar-refractivity contribution in [3.63, 3.8) is 0 Å². The van der Waals surface area contributed by atoms with Gasteiger partial charge in [-0.3, -0.25) is 4.99 Å². The van der Waals surface area contributed by atoms with Gasteiger partial charge in [-0.25, -0.2) is 0 Å². The number of halogens is 1. The highest BCUT2D eigenvalue weighted by molar-refractivity contribution is 14.0. The van der Waals surface area contributed by atoms with Crippen molar-refractivity contribution in [2.75, 3.05) is 47.4 Å². The second-order valence-corrected chi connectivity index (χ2v) is 5.65. The molecule has 0 bridgehead atoms. The molecule has 0 fully saturated rings. The van der Waals surface area contributed by atoms with Crippen LogP contribution in [0.3, 0.4) is 0 Å². The lowest BCUT2D eigenvalue weighted by atomic mass is 10.0. The minimum Gasteiger partial charge on any atom is -0.380 e. The van der Waals surface area contributed by atoms with Crippen LogP contribution in [0.15, 0.2) is 29.3 Å². The van der Waals surface area contributed by atoms with E-state index in [1.165, 1.54) is 11.1 Å². The summed E-state index contributed by atoms with van der Waals surface area (Å²) in [6, 6.07) is 9.15. The minimum absolute atomic E-state index is 0. The molecule has 6 heteroatoms. The Kier molecular flexibility index (Phi) is 13.0. The topological polar surface area (TPSA) is 48.9 Å². The molecule has 0 aromatic heterocycles. The number of benzene rings is 1. The lowest BCUT2D eigenvalue weighted by Crippen LogP contribution is -2.42. The minimum atomic E-state index is 0. The normalized spacial score (nSPS) is 12.7. The van der Waals surface area contributed by atoms with Crippen molar-refractivity contribution in [2.45, 2.75) is 26.3 Å². The van der Waals surface area contributed by atoms with Gasteiger partial charge in [-0.05, 0) is 38.6 Å². The van der Waals surface area contributed by atoms with Crippen molar-refractivity contribution >= 4 is 29.9 Å². The lowest BCUT2D eigenvalue weighted by molar-refractivity contribution is 0.152. The molecule has 138 valence electrons. The molecule has 1 unspecified atom stereocenters. The zero-order chi connectivity index (χ0) is 17.1. The van der Waals surface area contributed by atoms with Crippen LogP contribution in [0.4, 0.5) is 0 Å². The molecule has 1 atom stereocenters. The fourth-order valence-corrected chi connectivity index (χ4v) is 2.37. The van der Waals surface area contributed by atoms with Gasteiger partial charge in [0.05, 0.1) is 12.6 Å². The van der Waals surface area contributed by atoms with E-state index < -0.39 is 0 Å². The average molecular weight is 448 g/mol. The van der Waals surface area contributed by atoms with Crippen molar-refractivity contribution < 1.29 is 4.74 Å². The Labute approximate surface area is 164 Å². The van der Waals surface area contributed by atoms with E-state index in [0.717, 1.165) is 32.1 Å². The maximum absolute atomic E-state index is 5.33. The molecule has 1 aromatic rings. The van der Waals surface area contributed by atoms with Crippen LogP contribution in [0.1, 0.15) is 31.0 Å². The number of aliphatic imine (C=N–C) groups is 1. The van der Waals surface area contributed by atoms with Crippen molar-refractivity contribution in [3.05, 3.63) is 35.4 Å². The monoisotopic (exact) mass is 448 g/mol. The third-order valence-electron chi connectivity index (χ3n) is 3.83. The number of hydrogen-bond acceptors (Lipinski definition) is 3. The summed E-state index contributed by atoms with van der Waals surface area (Å²) in [5.74, 6) is 0.807. The Hall–Kier alpha value is -0.860. The van der Waals surface area contributed by atoms with Gasteiger partial charge in [-0.1, -0.05) is 31.2 Å². The molecule has 0 spiro atoms. The zero-order valence-electron chi connectivity index (χ0n) is 15.6. The summed E-state index contributed by atoms with van der Waals surface area (Å²) >= 11 is 0. The van der Waals surface area contributed by atoms with Crippen LogP contribution in [0, 0.1) is 0 Å². The predicted molar refractivity (Wildman–Crippen MR) is 114 cm³/mol. The summed E-state index contributed by atoms with van der Waals surface area (Å²) in [5.41, 5.74) is 2.68. The second-order valence-electron chi connectivity index (χ2n) is 5.65. The lowest BCUT2D eigenvalue weighted by Gasteiger charge is -2.26. The summed E-state index contributed by atoms with van der Waals surface area (Å²) in [7, 11) is 5.99. The molecule has 0 amide bonds. The van der Waals surface area contributed by atoms with Crippen molar-refractivity contribution in [1.82, 2.24) is 15.5 Å². The van der Waals surface area contributed by atoms with Crippen molar-refractivity contribution in [1.29, 1.82) is 0 Å². The number of ether oxygens (including phenoxy) is 1. The van der Waals surface area contributed by atoms with Crippen molar-refractivity contribution in [3.8, 4) is 0 Å². The molecule has 5 nitrogen and oxygen atoms in total. The Morgan fingerprint density at radius 2 is 1.83 bits per heavy atom. The Bertz CT molecular complexity index is 463. The summed E-state index contributed by atoms with van der Waals surface area (Å²) in [4.78, 5) is 6.48. The van der Waals surface area contributed by atoms with E-state index in [1.54, 1.807) is 7.05 Å². The van der Waals surface area contributed by atoms with Crippen LogP contribution in [-0.2, 0) is 11.2 Å². The Morgan fingerprint density at radius 3 is 2.33 bits per heavy atom. The maximum Gasteiger partial charge on any atom is 0.191 e. The number of hydrogen-bond donors (Lipinski definition) is 2.